The van der Waals surface area contributed by atoms with Crippen LogP contribution >= 0.6 is 35.2 Å². The van der Waals surface area contributed by atoms with Crippen LogP contribution in [0.2, 0.25) is 0 Å². The number of thiocarbonyl (C=S) groups is 1. The van der Waals surface area contributed by atoms with Gasteiger partial charge in [-0.25, -0.2) is 4.79 Å². The van der Waals surface area contributed by atoms with Gasteiger partial charge in [-0.3, -0.25) is 13.8 Å². The van der Waals surface area contributed by atoms with Gasteiger partial charge in [-0.1, -0.05) is 12.2 Å². The Labute approximate surface area is 290 Å². The van der Waals surface area contributed by atoms with E-state index in [0.29, 0.717) is 0 Å². The number of ether oxygens (including phenoxy) is 1. The van der Waals surface area contributed by atoms with E-state index in [0.717, 1.165) is 4.90 Å². The van der Waals surface area contributed by atoms with Crippen molar-refractivity contribution < 1.29 is 189 Å². The van der Waals surface area contributed by atoms with E-state index in [-0.39, 0.29) is 136 Å². The monoisotopic (exact) mass is 624 g/mol. The minimum atomic E-state index is -7.17. The molecule has 3 N–H and O–H groups in total. The Kier molecular flexibility index (Phi) is 20.0. The van der Waals surface area contributed by atoms with Gasteiger partial charge in [-0.2, -0.15) is 8.78 Å². The molecule has 0 saturated carbocycles. The van der Waals surface area contributed by atoms with Gasteiger partial charge in [0.15, 0.2) is 6.23 Å². The average molecular weight is 624 g/mol. The second kappa shape index (κ2) is 16.3. The van der Waals surface area contributed by atoms with Crippen LogP contribution in [0.4, 0.5) is 13.6 Å². The molecule has 2 fully saturated rings. The third-order valence-corrected chi connectivity index (χ3v) is 9.21. The zero-order valence-corrected chi connectivity index (χ0v) is 30.3. The fourth-order valence-electron chi connectivity index (χ4n) is 2.46. The molecule has 0 aromatic rings. The van der Waals surface area contributed by atoms with Crippen LogP contribution in [0.1, 0.15) is 6.42 Å². The first-order chi connectivity index (χ1) is 13.9. The van der Waals surface area contributed by atoms with Gasteiger partial charge in [-0.15, -0.1) is 0 Å². The van der Waals surface area contributed by atoms with Crippen LogP contribution in [0.3, 0.4) is 0 Å². The van der Waals surface area contributed by atoms with Crippen molar-refractivity contribution in [2.75, 3.05) is 13.2 Å². The maximum atomic E-state index is 13.2. The van der Waals surface area contributed by atoms with Crippen LogP contribution < -0.4 is 143 Å². The molecular weight excluding hydrogens is 611 g/mol. The predicted octanol–water partition coefficient (Wildman–Crippen LogP) is -15.3. The van der Waals surface area contributed by atoms with E-state index >= 15 is 0 Å². The Hall–Kier alpha value is 3.55. The summed E-state index contributed by atoms with van der Waals surface area (Å²) in [7, 11) is -20.6. The number of aliphatic hydroxyl groups is 2. The summed E-state index contributed by atoms with van der Waals surface area (Å²) in [5.41, 5.74) is 0. The number of hydrogen-bond donors (Lipinski definition) is 3. The first-order valence-electron chi connectivity index (χ1n) is 7.90. The maximum Gasteiger partial charge on any atom is 1.00 e. The van der Waals surface area contributed by atoms with Crippen molar-refractivity contribution in [3.63, 3.8) is 0 Å². The van der Waals surface area contributed by atoms with Gasteiger partial charge >= 0.3 is 130 Å². The Morgan fingerprint density at radius 1 is 1.11 bits per heavy atom. The summed E-state index contributed by atoms with van der Waals surface area (Å²) in [6, 6.07) is -0.805. The number of carbonyl (C=O) groups is 1. The van der Waals surface area contributed by atoms with Gasteiger partial charge in [0.2, 0.25) is 7.60 Å². The SMILES string of the molecule is O=C1NC(=S)CCN1C1O[C@H](COP(=O)([O-])OP(=O)([O-])C(F)(F)P(=O)([O-])[O-])[C@@H](O)[C@H]1O.[Na+].[Na+].[Na+].[Na+]. The van der Waals surface area contributed by atoms with Gasteiger partial charge in [0.1, 0.15) is 18.3 Å². The standard InChI is InChI=1S/C10H17F2N2O13P3S.4Na/c11-10(12,28(18,19)20)29(21,22)27-30(23,24)25-3-4-6(15)7(16)8(26-4)14-2-1-5(31)13-9(14)17;;;;/h4,6-8,15-16H,1-3H2,(H,21,22)(H,23,24)(H,13,17,31)(H2,18,19,20);;;;/q;4*+1/p-4/t4-,6-,7-,8?;;;;/m1..../s1. The summed E-state index contributed by atoms with van der Waals surface area (Å²) in [4.78, 5) is 56.5. The molecule has 0 aliphatic carbocycles. The largest absolute Gasteiger partial charge is 1.00 e. The van der Waals surface area contributed by atoms with Crippen molar-refractivity contribution in [2.45, 2.75) is 36.4 Å². The van der Waals surface area contributed by atoms with Gasteiger partial charge in [-0.05, 0) is 0 Å². The van der Waals surface area contributed by atoms with Crippen LogP contribution in [0.15, 0.2) is 0 Å². The topological polar surface area (TPSA) is 244 Å². The number of urea groups is 1. The second-order valence-electron chi connectivity index (χ2n) is 6.17. The number of amides is 2. The van der Waals surface area contributed by atoms with Crippen LogP contribution in [0.25, 0.3) is 0 Å². The third-order valence-electron chi connectivity index (χ3n) is 3.99. The predicted molar refractivity (Wildman–Crippen MR) is 87.9 cm³/mol. The van der Waals surface area contributed by atoms with E-state index in [1.807, 2.05) is 0 Å². The Morgan fingerprint density at radius 3 is 2.09 bits per heavy atom. The Bertz CT molecular complexity index is 904. The number of hydrogen-bond acceptors (Lipinski definition) is 14. The summed E-state index contributed by atoms with van der Waals surface area (Å²) in [6.45, 7) is -1.35. The molecular formula is C10H13F2N2Na4O13P3S. The Morgan fingerprint density at radius 2 is 1.63 bits per heavy atom. The number of nitrogens with zero attached hydrogens (tertiary/aromatic N) is 1. The van der Waals surface area contributed by atoms with Gasteiger partial charge < -0.3 is 53.5 Å². The van der Waals surface area contributed by atoms with Crippen LogP contribution in [-0.4, -0.2) is 69.2 Å². The molecule has 0 spiro atoms. The molecule has 6 atom stereocenters. The van der Waals surface area contributed by atoms with E-state index in [1.54, 1.807) is 0 Å². The fraction of sp³-hybridized carbons (Fsp3) is 0.800. The molecule has 0 aromatic carbocycles. The first-order valence-corrected chi connectivity index (χ1v) is 12.8. The number of rotatable bonds is 8. The van der Waals surface area contributed by atoms with Gasteiger partial charge in [0.25, 0.3) is 7.82 Å². The molecule has 180 valence electrons. The van der Waals surface area contributed by atoms with Crippen molar-refractivity contribution in [1.29, 1.82) is 0 Å². The average Bonchev–Trinajstić information content (AvgIpc) is 2.86. The number of carbonyl (C=O) groups excluding carboxylic acids is 1. The molecule has 2 heterocycles. The normalized spacial score (nSPS) is 28.2. The number of phosphoric acid groups is 1. The van der Waals surface area contributed by atoms with Gasteiger partial charge in [0, 0.05) is 20.6 Å². The zero-order chi connectivity index (χ0) is 24.0. The molecule has 15 nitrogen and oxygen atoms in total. The van der Waals surface area contributed by atoms with E-state index in [4.69, 9.17) is 17.0 Å². The van der Waals surface area contributed by atoms with Crippen LogP contribution in [-0.2, 0) is 27.3 Å². The Balaban J connectivity index is -0.00000256. The summed E-state index contributed by atoms with van der Waals surface area (Å²) in [5, 5.41) is 16.1. The van der Waals surface area contributed by atoms with Crippen molar-refractivity contribution >= 4 is 46.3 Å². The summed E-state index contributed by atoms with van der Waals surface area (Å²) in [6.07, 6.45) is -6.76. The van der Waals surface area contributed by atoms with Crippen LogP contribution in [0, 0.1) is 0 Å². The molecule has 2 aliphatic heterocycles. The molecule has 0 bridgehead atoms. The number of halogens is 2. The van der Waals surface area contributed by atoms with Crippen LogP contribution in [0.5, 0.6) is 0 Å². The smallest absolute Gasteiger partial charge is 0.806 e. The van der Waals surface area contributed by atoms with E-state index in [2.05, 4.69) is 14.2 Å². The molecule has 2 saturated heterocycles. The zero-order valence-electron chi connectivity index (χ0n) is 18.8. The van der Waals surface area contributed by atoms with Crippen molar-refractivity contribution in [2.24, 2.45) is 0 Å². The summed E-state index contributed by atoms with van der Waals surface area (Å²) in [5.74, 6) is 0. The number of aliphatic hydroxyl groups excluding tert-OH is 2. The number of nitrogens with one attached hydrogen (secondary N) is 1. The molecule has 3 unspecified atom stereocenters. The van der Waals surface area contributed by atoms with E-state index < -0.39 is 65.6 Å². The van der Waals surface area contributed by atoms with Crippen molar-refractivity contribution in [1.82, 2.24) is 10.2 Å². The van der Waals surface area contributed by atoms with E-state index in [1.165, 1.54) is 0 Å². The fourth-order valence-corrected chi connectivity index (χ4v) is 6.13. The molecule has 0 aromatic heterocycles. The van der Waals surface area contributed by atoms with Gasteiger partial charge in [0.05, 0.1) is 11.6 Å². The minimum Gasteiger partial charge on any atom is -0.806 e. The number of alkyl halides is 2. The third kappa shape index (κ3) is 10.7. The molecule has 35 heavy (non-hydrogen) atoms. The van der Waals surface area contributed by atoms with Crippen molar-refractivity contribution in [3.05, 3.63) is 0 Å². The number of phosphoric ester groups is 1. The molecule has 25 heteroatoms. The minimum absolute atomic E-state index is 0. The van der Waals surface area contributed by atoms with Crippen molar-refractivity contribution in [3.8, 4) is 0 Å². The second-order valence-corrected chi connectivity index (χ2v) is 11.9. The summed E-state index contributed by atoms with van der Waals surface area (Å²) < 4.78 is 71.6. The van der Waals surface area contributed by atoms with E-state index in [9.17, 15) is 57.1 Å². The summed E-state index contributed by atoms with van der Waals surface area (Å²) >= 11 is 4.79. The molecule has 0 radical (unpaired) electrons. The molecule has 2 aliphatic rings. The quantitative estimate of drug-likeness (QED) is 0.129. The molecule has 2 amide bonds. The maximum absolute atomic E-state index is 13.2. The first kappa shape index (κ1) is 43.0. The molecule has 2 rings (SSSR count).